The summed E-state index contributed by atoms with van der Waals surface area (Å²) in [7, 11) is 0. The molecule has 0 saturated heterocycles. The first-order valence-electron chi connectivity index (χ1n) is 9.58. The average Bonchev–Trinajstić information content (AvgIpc) is 2.62. The topological polar surface area (TPSA) is 0 Å². The smallest absolute Gasteiger partial charge is 0.0356 e. The van der Waals surface area contributed by atoms with E-state index in [9.17, 15) is 0 Å². The van der Waals surface area contributed by atoms with Crippen LogP contribution in [-0.2, 0) is 0 Å². The third-order valence-corrected chi connectivity index (χ3v) is 4.76. The monoisotopic (exact) mass is 336 g/mol. The predicted octanol–water partition coefficient (Wildman–Crippen LogP) is 7.26. The number of unbranched alkanes of at least 4 members (excludes halogenated alkanes) is 3. The molecule has 0 heterocycles. The summed E-state index contributed by atoms with van der Waals surface area (Å²) >= 11 is 0. The van der Waals surface area contributed by atoms with Gasteiger partial charge in [0.15, 0.2) is 0 Å². The second kappa shape index (κ2) is 15.6. The van der Waals surface area contributed by atoms with E-state index in [1.807, 2.05) is 31.2 Å². The number of hydrogen-bond donors (Lipinski definition) is 0. The first-order chi connectivity index (χ1) is 12.2. The van der Waals surface area contributed by atoms with Gasteiger partial charge in [-0.3, -0.25) is 0 Å². The molecule has 0 aliphatic heterocycles. The van der Waals surface area contributed by atoms with Crippen molar-refractivity contribution in [2.45, 2.75) is 71.1 Å². The molecule has 0 amide bonds. The molecule has 2 unspecified atom stereocenters. The summed E-state index contributed by atoms with van der Waals surface area (Å²) < 4.78 is 0. The molecule has 0 aromatic carbocycles. The van der Waals surface area contributed by atoms with E-state index in [2.05, 4.69) is 50.0 Å². The van der Waals surface area contributed by atoms with E-state index < -0.39 is 0 Å². The molecule has 0 rings (SSSR count). The van der Waals surface area contributed by atoms with Crippen molar-refractivity contribution in [3.63, 3.8) is 0 Å². The van der Waals surface area contributed by atoms with E-state index >= 15 is 0 Å². The van der Waals surface area contributed by atoms with Gasteiger partial charge < -0.3 is 0 Å². The van der Waals surface area contributed by atoms with Crippen molar-refractivity contribution in [3.05, 3.63) is 50.6 Å². The van der Waals surface area contributed by atoms with E-state index in [0.717, 1.165) is 51.4 Å². The summed E-state index contributed by atoms with van der Waals surface area (Å²) in [6.07, 6.45) is 19.0. The maximum Gasteiger partial charge on any atom is 0.0356 e. The van der Waals surface area contributed by atoms with Crippen LogP contribution in [0.1, 0.15) is 71.1 Å². The van der Waals surface area contributed by atoms with E-state index in [4.69, 9.17) is 0 Å². The van der Waals surface area contributed by atoms with Crippen LogP contribution in [0, 0.1) is 35.0 Å². The highest BCUT2D eigenvalue weighted by atomic mass is 14.4. The first kappa shape index (κ1) is 23.1. The van der Waals surface area contributed by atoms with Gasteiger partial charge in [0.25, 0.3) is 0 Å². The lowest BCUT2D eigenvalue weighted by molar-refractivity contribution is 0.186. The van der Waals surface area contributed by atoms with Gasteiger partial charge in [0, 0.05) is 5.41 Å². The molecule has 0 saturated carbocycles. The normalized spacial score (nSPS) is 13.2. The summed E-state index contributed by atoms with van der Waals surface area (Å²) in [4.78, 5) is 0. The summed E-state index contributed by atoms with van der Waals surface area (Å²) in [6.45, 7) is 17.5. The number of hydrogen-bond acceptors (Lipinski definition) is 0. The molecule has 0 radical (unpaired) electrons. The Kier molecular flexibility index (Phi) is 14.4. The van der Waals surface area contributed by atoms with Crippen LogP contribution in [0.5, 0.6) is 0 Å². The van der Waals surface area contributed by atoms with Gasteiger partial charge in [0.2, 0.25) is 0 Å². The van der Waals surface area contributed by atoms with E-state index in [0.29, 0.717) is 5.92 Å². The van der Waals surface area contributed by atoms with E-state index in [1.54, 1.807) is 0 Å². The largest absolute Gasteiger partial charge is 0.103 e. The lowest BCUT2D eigenvalue weighted by Gasteiger charge is -2.37. The Labute approximate surface area is 157 Å². The zero-order valence-corrected chi connectivity index (χ0v) is 16.3. The highest BCUT2D eigenvalue weighted by Gasteiger charge is 2.35. The fraction of sp³-hybridized carbons (Fsp3) is 0.520. The lowest BCUT2D eigenvalue weighted by Crippen LogP contribution is -2.29. The van der Waals surface area contributed by atoms with Crippen LogP contribution in [-0.4, -0.2) is 0 Å². The molecule has 0 N–H and O–H groups in total. The first-order valence-corrected chi connectivity index (χ1v) is 9.58. The van der Waals surface area contributed by atoms with Gasteiger partial charge in [-0.25, -0.2) is 0 Å². The summed E-state index contributed by atoms with van der Waals surface area (Å²) in [5.74, 6) is 13.1. The third kappa shape index (κ3) is 9.84. The second-order valence-corrected chi connectivity index (χ2v) is 6.58. The molecule has 0 nitrogen and oxygen atoms in total. The van der Waals surface area contributed by atoms with Crippen LogP contribution in [0.2, 0.25) is 0 Å². The Hall–Kier alpha value is -1.92. The highest BCUT2D eigenvalue weighted by molar-refractivity contribution is 5.29. The van der Waals surface area contributed by atoms with Gasteiger partial charge in [-0.1, -0.05) is 42.6 Å². The number of rotatable bonds is 15. The maximum absolute atomic E-state index is 3.99. The molecular weight excluding hydrogens is 300 g/mol. The zero-order valence-electron chi connectivity index (χ0n) is 16.3. The molecule has 0 aromatic heterocycles. The van der Waals surface area contributed by atoms with Gasteiger partial charge in [-0.2, -0.15) is 0 Å². The maximum atomic E-state index is 3.99. The molecule has 0 aliphatic carbocycles. The van der Waals surface area contributed by atoms with Crippen LogP contribution >= 0.6 is 0 Å². The molecule has 0 aromatic rings. The van der Waals surface area contributed by atoms with Crippen molar-refractivity contribution in [3.8, 4) is 23.7 Å². The van der Waals surface area contributed by atoms with Crippen LogP contribution < -0.4 is 0 Å². The van der Waals surface area contributed by atoms with Gasteiger partial charge in [0.05, 0.1) is 0 Å². The van der Waals surface area contributed by atoms with Crippen molar-refractivity contribution in [1.29, 1.82) is 0 Å². The molecule has 0 heteroatoms. The highest BCUT2D eigenvalue weighted by Crippen LogP contribution is 2.43. The van der Waals surface area contributed by atoms with E-state index in [-0.39, 0.29) is 5.41 Å². The van der Waals surface area contributed by atoms with Crippen molar-refractivity contribution >= 4 is 0 Å². The fourth-order valence-electron chi connectivity index (χ4n) is 3.41. The lowest BCUT2D eigenvalue weighted by atomic mass is 9.66. The van der Waals surface area contributed by atoms with Gasteiger partial charge >= 0.3 is 0 Å². The summed E-state index contributed by atoms with van der Waals surface area (Å²) in [5, 5.41) is 0. The van der Waals surface area contributed by atoms with Crippen LogP contribution in [0.25, 0.3) is 0 Å². The summed E-state index contributed by atoms with van der Waals surface area (Å²) in [6, 6.07) is 0. The van der Waals surface area contributed by atoms with Crippen LogP contribution in [0.3, 0.4) is 0 Å². The molecule has 0 spiro atoms. The zero-order chi connectivity index (χ0) is 18.8. The van der Waals surface area contributed by atoms with Crippen LogP contribution in [0.15, 0.2) is 50.6 Å². The fourth-order valence-corrected chi connectivity index (χ4v) is 3.41. The number of allylic oxidation sites excluding steroid dienone is 4. The minimum absolute atomic E-state index is 0.00519. The Morgan fingerprint density at radius 1 is 0.800 bits per heavy atom. The molecule has 25 heavy (non-hydrogen) atoms. The van der Waals surface area contributed by atoms with E-state index in [1.165, 1.54) is 12.8 Å². The average molecular weight is 337 g/mol. The Morgan fingerprint density at radius 2 is 1.44 bits per heavy atom. The van der Waals surface area contributed by atoms with Crippen LogP contribution in [0.4, 0.5) is 0 Å². The Morgan fingerprint density at radius 3 is 2.04 bits per heavy atom. The molecule has 0 bridgehead atoms. The Bertz CT molecular complexity index is 514. The molecule has 2 atom stereocenters. The Balaban J connectivity index is 5.60. The molecule has 136 valence electrons. The minimum atomic E-state index is 0.00519. The van der Waals surface area contributed by atoms with Crippen molar-refractivity contribution in [2.24, 2.45) is 11.3 Å². The standard InChI is InChI=1S/C25H36/c1-6-11-15-18-23-25(21-16-12-7-2,22-17-13-8-3)24(19-10-5)20-14-9-4/h6-7,9-10,24H,1-2,4-5,11-12,14-16,18-21,23H2,3H3. The third-order valence-electron chi connectivity index (χ3n) is 4.76. The SMILES string of the molecule is C=CCCCCC(C#CC#CC)(CCCC=C)C(CC=C)CCC=C. The van der Waals surface area contributed by atoms with Crippen molar-refractivity contribution < 1.29 is 0 Å². The molecular formula is C25H36. The van der Waals surface area contributed by atoms with Gasteiger partial charge in [-0.15, -0.1) is 26.3 Å². The predicted molar refractivity (Wildman–Crippen MR) is 114 cm³/mol. The van der Waals surface area contributed by atoms with Crippen molar-refractivity contribution in [2.75, 3.05) is 0 Å². The molecule has 0 aliphatic rings. The second-order valence-electron chi connectivity index (χ2n) is 6.58. The van der Waals surface area contributed by atoms with Crippen molar-refractivity contribution in [1.82, 2.24) is 0 Å². The molecule has 0 fully saturated rings. The quantitative estimate of drug-likeness (QED) is 0.168. The minimum Gasteiger partial charge on any atom is -0.103 e. The summed E-state index contributed by atoms with van der Waals surface area (Å²) in [5.41, 5.74) is 0.00519. The van der Waals surface area contributed by atoms with Gasteiger partial charge in [-0.05, 0) is 82.5 Å². The van der Waals surface area contributed by atoms with Gasteiger partial charge in [0.1, 0.15) is 0 Å².